The lowest BCUT2D eigenvalue weighted by Crippen LogP contribution is -2.12. The Hall–Kier alpha value is -2.00. The van der Waals surface area contributed by atoms with Crippen molar-refractivity contribution in [1.82, 2.24) is 9.55 Å². The first-order valence-corrected chi connectivity index (χ1v) is 7.86. The van der Waals surface area contributed by atoms with Crippen LogP contribution >= 0.6 is 11.6 Å². The number of halogens is 1. The molecular weight excluding hydrogens is 296 g/mol. The number of hydrogen-bond acceptors (Lipinski definition) is 2. The van der Waals surface area contributed by atoms with Crippen LogP contribution in [0.1, 0.15) is 25.6 Å². The highest BCUT2D eigenvalue weighted by Gasteiger charge is 2.13. The number of benzene rings is 2. The summed E-state index contributed by atoms with van der Waals surface area (Å²) in [5.74, 6) is 2.31. The van der Waals surface area contributed by atoms with Crippen LogP contribution in [-0.2, 0) is 6.54 Å². The Morgan fingerprint density at radius 3 is 2.55 bits per heavy atom. The standard InChI is InChI=1S/C18H19ClN2O/c1-13(2)18-20-16-5-3-4-6-17(16)21(18)11-12-22-15-9-7-14(19)8-10-15/h3-10,13H,11-12H2,1-2H3. The topological polar surface area (TPSA) is 27.1 Å². The van der Waals surface area contributed by atoms with Gasteiger partial charge in [-0.3, -0.25) is 0 Å². The van der Waals surface area contributed by atoms with Gasteiger partial charge in [-0.2, -0.15) is 0 Å². The van der Waals surface area contributed by atoms with Crippen LogP contribution in [0.15, 0.2) is 48.5 Å². The molecular formula is C18H19ClN2O. The second-order valence-electron chi connectivity index (χ2n) is 5.57. The summed E-state index contributed by atoms with van der Waals surface area (Å²) in [6.45, 7) is 5.70. The molecule has 1 heterocycles. The molecule has 22 heavy (non-hydrogen) atoms. The zero-order valence-corrected chi connectivity index (χ0v) is 13.5. The monoisotopic (exact) mass is 314 g/mol. The van der Waals surface area contributed by atoms with Gasteiger partial charge < -0.3 is 9.30 Å². The molecule has 1 aromatic heterocycles. The van der Waals surface area contributed by atoms with Gasteiger partial charge in [0.25, 0.3) is 0 Å². The number of para-hydroxylation sites is 2. The van der Waals surface area contributed by atoms with Crippen molar-refractivity contribution in [2.75, 3.05) is 6.61 Å². The summed E-state index contributed by atoms with van der Waals surface area (Å²) in [5.41, 5.74) is 2.20. The van der Waals surface area contributed by atoms with Gasteiger partial charge >= 0.3 is 0 Å². The van der Waals surface area contributed by atoms with Crippen LogP contribution < -0.4 is 4.74 Å². The van der Waals surface area contributed by atoms with Gasteiger partial charge in [0.05, 0.1) is 17.6 Å². The summed E-state index contributed by atoms with van der Waals surface area (Å²) in [4.78, 5) is 4.74. The summed E-state index contributed by atoms with van der Waals surface area (Å²) in [6.07, 6.45) is 0. The van der Waals surface area contributed by atoms with E-state index >= 15 is 0 Å². The predicted octanol–water partition coefficient (Wildman–Crippen LogP) is 4.89. The first kappa shape index (κ1) is 14.9. The van der Waals surface area contributed by atoms with Crippen molar-refractivity contribution in [3.05, 3.63) is 59.4 Å². The highest BCUT2D eigenvalue weighted by molar-refractivity contribution is 6.30. The molecule has 0 atom stereocenters. The van der Waals surface area contributed by atoms with E-state index in [4.69, 9.17) is 21.3 Å². The second-order valence-corrected chi connectivity index (χ2v) is 6.00. The number of aromatic nitrogens is 2. The number of nitrogens with zero attached hydrogens (tertiary/aromatic N) is 2. The normalized spacial score (nSPS) is 11.3. The van der Waals surface area contributed by atoms with Crippen molar-refractivity contribution in [2.24, 2.45) is 0 Å². The first-order chi connectivity index (χ1) is 10.6. The molecule has 0 spiro atoms. The smallest absolute Gasteiger partial charge is 0.119 e. The van der Waals surface area contributed by atoms with E-state index in [0.29, 0.717) is 12.5 Å². The van der Waals surface area contributed by atoms with Crippen LogP contribution in [0, 0.1) is 0 Å². The number of ether oxygens (including phenoxy) is 1. The number of fused-ring (bicyclic) bond motifs is 1. The van der Waals surface area contributed by atoms with Gasteiger partial charge in [-0.25, -0.2) is 4.98 Å². The third-order valence-corrected chi connectivity index (χ3v) is 3.85. The van der Waals surface area contributed by atoms with E-state index < -0.39 is 0 Å². The van der Waals surface area contributed by atoms with E-state index in [1.54, 1.807) is 0 Å². The van der Waals surface area contributed by atoms with Gasteiger partial charge in [0.15, 0.2) is 0 Å². The molecule has 0 bridgehead atoms. The Morgan fingerprint density at radius 1 is 1.09 bits per heavy atom. The van der Waals surface area contributed by atoms with E-state index in [-0.39, 0.29) is 0 Å². The van der Waals surface area contributed by atoms with Gasteiger partial charge in [0.2, 0.25) is 0 Å². The van der Waals surface area contributed by atoms with Gasteiger partial charge in [0, 0.05) is 10.9 Å². The molecule has 0 aliphatic rings. The Balaban J connectivity index is 1.78. The highest BCUT2D eigenvalue weighted by Crippen LogP contribution is 2.22. The fourth-order valence-electron chi connectivity index (χ4n) is 2.56. The van der Waals surface area contributed by atoms with E-state index in [9.17, 15) is 0 Å². The van der Waals surface area contributed by atoms with Crippen LogP contribution in [0.25, 0.3) is 11.0 Å². The molecule has 0 aliphatic carbocycles. The minimum Gasteiger partial charge on any atom is -0.492 e. The molecule has 0 saturated carbocycles. The second kappa shape index (κ2) is 6.41. The van der Waals surface area contributed by atoms with Crippen molar-refractivity contribution in [3.63, 3.8) is 0 Å². The number of imidazole rings is 1. The van der Waals surface area contributed by atoms with Gasteiger partial charge in [-0.15, -0.1) is 0 Å². The molecule has 3 aromatic rings. The Kier molecular flexibility index (Phi) is 4.34. The van der Waals surface area contributed by atoms with Gasteiger partial charge in [-0.05, 0) is 36.4 Å². The summed E-state index contributed by atoms with van der Waals surface area (Å²) in [5, 5.41) is 0.718. The van der Waals surface area contributed by atoms with Crippen LogP contribution in [0.3, 0.4) is 0 Å². The molecule has 0 amide bonds. The lowest BCUT2D eigenvalue weighted by atomic mass is 10.2. The Labute approximate surface area is 135 Å². The van der Waals surface area contributed by atoms with E-state index in [0.717, 1.165) is 34.2 Å². The third kappa shape index (κ3) is 3.09. The molecule has 0 saturated heterocycles. The van der Waals surface area contributed by atoms with Crippen molar-refractivity contribution in [1.29, 1.82) is 0 Å². The summed E-state index contributed by atoms with van der Waals surface area (Å²) >= 11 is 5.88. The van der Waals surface area contributed by atoms with E-state index in [2.05, 4.69) is 30.5 Å². The molecule has 4 heteroatoms. The maximum Gasteiger partial charge on any atom is 0.119 e. The molecule has 0 unspecified atom stereocenters. The zero-order chi connectivity index (χ0) is 15.5. The van der Waals surface area contributed by atoms with Crippen LogP contribution in [-0.4, -0.2) is 16.2 Å². The summed E-state index contributed by atoms with van der Waals surface area (Å²) < 4.78 is 8.06. The molecule has 3 nitrogen and oxygen atoms in total. The van der Waals surface area contributed by atoms with Crippen molar-refractivity contribution in [3.8, 4) is 5.75 Å². The molecule has 0 fully saturated rings. The van der Waals surface area contributed by atoms with Crippen LogP contribution in [0.2, 0.25) is 5.02 Å². The molecule has 0 radical (unpaired) electrons. The summed E-state index contributed by atoms with van der Waals surface area (Å²) in [7, 11) is 0. The van der Waals surface area contributed by atoms with Crippen LogP contribution in [0.4, 0.5) is 0 Å². The highest BCUT2D eigenvalue weighted by atomic mass is 35.5. The maximum absolute atomic E-state index is 5.88. The van der Waals surface area contributed by atoms with E-state index in [1.807, 2.05) is 36.4 Å². The fourth-order valence-corrected chi connectivity index (χ4v) is 2.68. The van der Waals surface area contributed by atoms with E-state index in [1.165, 1.54) is 0 Å². The molecule has 2 aromatic carbocycles. The van der Waals surface area contributed by atoms with Crippen molar-refractivity contribution < 1.29 is 4.74 Å². The molecule has 0 aliphatic heterocycles. The largest absolute Gasteiger partial charge is 0.492 e. The number of rotatable bonds is 5. The molecule has 3 rings (SSSR count). The van der Waals surface area contributed by atoms with Crippen molar-refractivity contribution >= 4 is 22.6 Å². The minimum atomic E-state index is 0.378. The predicted molar refractivity (Wildman–Crippen MR) is 90.8 cm³/mol. The Morgan fingerprint density at radius 2 is 1.82 bits per heavy atom. The SMILES string of the molecule is CC(C)c1nc2ccccc2n1CCOc1ccc(Cl)cc1. The lowest BCUT2D eigenvalue weighted by molar-refractivity contribution is 0.297. The minimum absolute atomic E-state index is 0.378. The Bertz CT molecular complexity index is 762. The van der Waals surface area contributed by atoms with Gasteiger partial charge in [-0.1, -0.05) is 37.6 Å². The average molecular weight is 315 g/mol. The van der Waals surface area contributed by atoms with Crippen molar-refractivity contribution in [2.45, 2.75) is 26.3 Å². The third-order valence-electron chi connectivity index (χ3n) is 3.60. The maximum atomic E-state index is 5.88. The fraction of sp³-hybridized carbons (Fsp3) is 0.278. The first-order valence-electron chi connectivity index (χ1n) is 7.48. The zero-order valence-electron chi connectivity index (χ0n) is 12.8. The number of hydrogen-bond donors (Lipinski definition) is 0. The lowest BCUT2D eigenvalue weighted by Gasteiger charge is -2.12. The quantitative estimate of drug-likeness (QED) is 0.670. The summed E-state index contributed by atoms with van der Waals surface area (Å²) in [6, 6.07) is 15.7. The van der Waals surface area contributed by atoms with Crippen LogP contribution in [0.5, 0.6) is 5.75 Å². The average Bonchev–Trinajstić information content (AvgIpc) is 2.89. The molecule has 114 valence electrons. The van der Waals surface area contributed by atoms with Gasteiger partial charge in [0.1, 0.15) is 18.2 Å². The molecule has 0 N–H and O–H groups in total.